The van der Waals surface area contributed by atoms with Gasteiger partial charge in [0.25, 0.3) is 5.91 Å². The van der Waals surface area contributed by atoms with E-state index in [4.69, 9.17) is 31.5 Å². The van der Waals surface area contributed by atoms with Crippen LogP contribution in [0, 0.1) is 0 Å². The summed E-state index contributed by atoms with van der Waals surface area (Å²) in [4.78, 5) is 24.0. The molecule has 1 fully saturated rings. The van der Waals surface area contributed by atoms with Gasteiger partial charge in [-0.05, 0) is 47.0 Å². The maximum Gasteiger partial charge on any atom is 0.306 e. The van der Waals surface area contributed by atoms with Crippen molar-refractivity contribution < 1.29 is 33.3 Å². The molecular weight excluding hydrogens is 557 g/mol. The molecule has 1 N–H and O–H groups in total. The number of carbonyl (C=O) groups excluding carboxylic acids is 2. The number of hydrogen-bond acceptors (Lipinski definition) is 7. The molecule has 8 nitrogen and oxygen atoms in total. The molecule has 44 heavy (non-hydrogen) atoms. The highest BCUT2D eigenvalue weighted by atomic mass is 16.6. The van der Waals surface area contributed by atoms with Crippen LogP contribution in [-0.2, 0) is 33.3 Å². The Morgan fingerprint density at radius 2 is 1.32 bits per heavy atom. The first-order valence-electron chi connectivity index (χ1n) is 18.0. The lowest BCUT2D eigenvalue weighted by Gasteiger charge is -2.26. The van der Waals surface area contributed by atoms with E-state index in [2.05, 4.69) is 12.2 Å². The first-order valence-corrected chi connectivity index (χ1v) is 18.0. The van der Waals surface area contributed by atoms with Gasteiger partial charge in [-0.3, -0.25) is 9.59 Å². The predicted octanol–water partition coefficient (Wildman–Crippen LogP) is 7.18. The summed E-state index contributed by atoms with van der Waals surface area (Å²) in [6.07, 6.45) is 19.9. The molecule has 1 aliphatic heterocycles. The van der Waals surface area contributed by atoms with Gasteiger partial charge in [-0.25, -0.2) is 0 Å². The number of nitrogens with one attached hydrogen (secondary N) is 1. The van der Waals surface area contributed by atoms with Gasteiger partial charge < -0.3 is 29.0 Å². The Morgan fingerprint density at radius 1 is 0.750 bits per heavy atom. The van der Waals surface area contributed by atoms with Crippen LogP contribution < -0.4 is 5.32 Å². The summed E-state index contributed by atoms with van der Waals surface area (Å²) >= 11 is 0. The number of hydrogen-bond donors (Lipinski definition) is 1. The summed E-state index contributed by atoms with van der Waals surface area (Å²) in [5.74, 6) is -0.523. The average molecular weight is 624 g/mol. The second-order valence-electron chi connectivity index (χ2n) is 12.9. The molecule has 0 saturated carbocycles. The van der Waals surface area contributed by atoms with E-state index in [9.17, 15) is 9.59 Å². The first-order chi connectivity index (χ1) is 21.2. The average Bonchev–Trinajstić information content (AvgIpc) is 3.27. The highest BCUT2D eigenvalue weighted by molar-refractivity contribution is 6.11. The third-order valence-corrected chi connectivity index (χ3v) is 7.92. The van der Waals surface area contributed by atoms with E-state index in [0.717, 1.165) is 38.5 Å². The van der Waals surface area contributed by atoms with E-state index in [-0.39, 0.29) is 49.0 Å². The van der Waals surface area contributed by atoms with E-state index in [0.29, 0.717) is 26.2 Å². The van der Waals surface area contributed by atoms with Crippen molar-refractivity contribution in [3.05, 3.63) is 0 Å². The summed E-state index contributed by atoms with van der Waals surface area (Å²) in [5, 5.41) is 2.84. The molecular formula is C35H66BNO7. The Labute approximate surface area is 271 Å². The van der Waals surface area contributed by atoms with Gasteiger partial charge in [-0.1, -0.05) is 96.8 Å². The normalized spacial score (nSPS) is 20.1. The number of rotatable bonds is 29. The van der Waals surface area contributed by atoms with Gasteiger partial charge in [0.15, 0.2) is 6.61 Å². The molecule has 4 atom stereocenters. The maximum absolute atomic E-state index is 12.0. The number of amides is 1. The van der Waals surface area contributed by atoms with Crippen LogP contribution in [0.2, 0.25) is 0 Å². The molecule has 0 aliphatic carbocycles. The van der Waals surface area contributed by atoms with E-state index in [1.54, 1.807) is 0 Å². The molecule has 256 valence electrons. The van der Waals surface area contributed by atoms with Crippen molar-refractivity contribution in [1.29, 1.82) is 0 Å². The van der Waals surface area contributed by atoms with E-state index in [1.807, 2.05) is 27.7 Å². The second-order valence-corrected chi connectivity index (χ2v) is 12.9. The lowest BCUT2D eigenvalue weighted by atomic mass is 9.92. The first kappa shape index (κ1) is 40.9. The van der Waals surface area contributed by atoms with Gasteiger partial charge in [-0.2, -0.15) is 0 Å². The van der Waals surface area contributed by atoms with Crippen LogP contribution >= 0.6 is 0 Å². The molecule has 0 spiro atoms. The Hall–Kier alpha value is -1.16. The van der Waals surface area contributed by atoms with Crippen LogP contribution in [0.15, 0.2) is 0 Å². The summed E-state index contributed by atoms with van der Waals surface area (Å²) in [5.41, 5.74) is 0. The molecule has 0 aromatic carbocycles. The third kappa shape index (κ3) is 21.6. The summed E-state index contributed by atoms with van der Waals surface area (Å²) in [7, 11) is 6.21. The monoisotopic (exact) mass is 623 g/mol. The topological polar surface area (TPSA) is 92.3 Å². The highest BCUT2D eigenvalue weighted by Crippen LogP contribution is 2.27. The Bertz CT molecular complexity index is 709. The minimum Gasteiger partial charge on any atom is -0.456 e. The summed E-state index contributed by atoms with van der Waals surface area (Å²) in [6, 6.07) is -0.543. The number of carbonyl (C=O) groups is 2. The van der Waals surface area contributed by atoms with Crippen molar-refractivity contribution in [3.63, 3.8) is 0 Å². The van der Waals surface area contributed by atoms with Crippen LogP contribution in [-0.4, -0.2) is 82.6 Å². The van der Waals surface area contributed by atoms with Crippen molar-refractivity contribution in [2.75, 3.05) is 26.4 Å². The lowest BCUT2D eigenvalue weighted by Crippen LogP contribution is -2.41. The van der Waals surface area contributed by atoms with Gasteiger partial charge in [0.1, 0.15) is 26.2 Å². The Balaban J connectivity index is 1.98. The van der Waals surface area contributed by atoms with Gasteiger partial charge in [-0.15, -0.1) is 0 Å². The third-order valence-electron chi connectivity index (χ3n) is 7.92. The van der Waals surface area contributed by atoms with Crippen LogP contribution in [0.5, 0.6) is 0 Å². The maximum atomic E-state index is 12.0. The number of esters is 1. The smallest absolute Gasteiger partial charge is 0.306 e. The van der Waals surface area contributed by atoms with Crippen LogP contribution in [0.25, 0.3) is 0 Å². The largest absolute Gasteiger partial charge is 0.456 e. The molecule has 1 saturated heterocycles. The van der Waals surface area contributed by atoms with Gasteiger partial charge in [0, 0.05) is 25.6 Å². The fourth-order valence-corrected chi connectivity index (χ4v) is 5.43. The molecule has 1 heterocycles. The van der Waals surface area contributed by atoms with Crippen molar-refractivity contribution in [3.8, 4) is 0 Å². The molecule has 0 bridgehead atoms. The number of ether oxygens (including phenoxy) is 5. The zero-order chi connectivity index (χ0) is 32.4. The van der Waals surface area contributed by atoms with Crippen molar-refractivity contribution in [2.24, 2.45) is 0 Å². The fourth-order valence-electron chi connectivity index (χ4n) is 5.43. The zero-order valence-electron chi connectivity index (χ0n) is 29.0. The number of unbranched alkanes of at least 4 members (excludes halogenated alkanes) is 15. The van der Waals surface area contributed by atoms with Gasteiger partial charge in [0.05, 0.1) is 18.8 Å². The Kier molecular flexibility index (Phi) is 25.1. The van der Waals surface area contributed by atoms with E-state index < -0.39 is 6.00 Å². The molecule has 1 unspecified atom stereocenters. The minimum absolute atomic E-state index is 0.0318. The van der Waals surface area contributed by atoms with Crippen molar-refractivity contribution in [2.45, 2.75) is 187 Å². The standard InChI is InChI=1S/C35H66BNO7/c1-6-7-8-9-10-11-12-13-14-15-16-17-20-23-32(39)42-27-31(38)37-24-21-18-19-22-25-40-34-33(43-29(4)5)30(44-35(34)36)26-41-28(2)3/h28-30,33-35H,6-27H2,1-5H3,(H,37,38)/t30-,33?,34+,35-/m1/s1. The van der Waals surface area contributed by atoms with E-state index in [1.165, 1.54) is 70.6 Å². The molecule has 2 radical (unpaired) electrons. The second kappa shape index (κ2) is 27.0. The molecule has 9 heteroatoms. The van der Waals surface area contributed by atoms with Gasteiger partial charge >= 0.3 is 5.97 Å². The van der Waals surface area contributed by atoms with Crippen LogP contribution in [0.4, 0.5) is 0 Å². The summed E-state index contributed by atoms with van der Waals surface area (Å²) < 4.78 is 28.9. The van der Waals surface area contributed by atoms with E-state index >= 15 is 0 Å². The predicted molar refractivity (Wildman–Crippen MR) is 178 cm³/mol. The molecule has 0 aromatic rings. The highest BCUT2D eigenvalue weighted by Gasteiger charge is 2.44. The molecule has 1 rings (SSSR count). The van der Waals surface area contributed by atoms with Crippen LogP contribution in [0.3, 0.4) is 0 Å². The molecule has 1 aliphatic rings. The quantitative estimate of drug-likeness (QED) is 0.0536. The molecule has 0 aromatic heterocycles. The molecule has 1 amide bonds. The lowest BCUT2D eigenvalue weighted by molar-refractivity contribution is -0.148. The summed E-state index contributed by atoms with van der Waals surface area (Å²) in [6.45, 7) is 11.6. The van der Waals surface area contributed by atoms with Gasteiger partial charge in [0.2, 0.25) is 0 Å². The van der Waals surface area contributed by atoms with Crippen molar-refractivity contribution in [1.82, 2.24) is 5.32 Å². The SMILES string of the molecule is [B][C@@H]1O[C@H](COC(C)C)C(OC(C)C)[C@@H]1OCCCCCCNC(=O)COC(=O)CCCCCCCCCCCCCCC. The zero-order valence-corrected chi connectivity index (χ0v) is 29.0. The minimum atomic E-state index is -0.543. The van der Waals surface area contributed by atoms with Crippen LogP contribution in [0.1, 0.15) is 150 Å². The van der Waals surface area contributed by atoms with Crippen molar-refractivity contribution >= 4 is 19.7 Å². The Morgan fingerprint density at radius 3 is 1.91 bits per heavy atom. The fraction of sp³-hybridized carbons (Fsp3) is 0.943.